The van der Waals surface area contributed by atoms with Gasteiger partial charge in [0.05, 0.1) is 0 Å². The molecule has 1 heterocycles. The smallest absolute Gasteiger partial charge is 0.316 e. The molecule has 0 saturated heterocycles. The molecule has 0 saturated carbocycles. The zero-order chi connectivity index (χ0) is 13.0. The zero-order valence-electron chi connectivity index (χ0n) is 9.33. The van der Waals surface area contributed by atoms with E-state index in [4.69, 9.17) is 0 Å². The number of hydroxylamine groups is 2. The van der Waals surface area contributed by atoms with E-state index in [1.54, 1.807) is 0 Å². The van der Waals surface area contributed by atoms with E-state index < -0.39 is 12.0 Å². The number of hydrogen-bond donors (Lipinski definition) is 1. The van der Waals surface area contributed by atoms with Crippen molar-refractivity contribution in [2.24, 2.45) is 0 Å². The van der Waals surface area contributed by atoms with Gasteiger partial charge in [0.1, 0.15) is 5.70 Å². The average molecular weight is 246 g/mol. The fourth-order valence-electron chi connectivity index (χ4n) is 1.37. The summed E-state index contributed by atoms with van der Waals surface area (Å²) in [5.41, 5.74) is 0.922. The molecule has 0 bridgehead atoms. The summed E-state index contributed by atoms with van der Waals surface area (Å²) < 4.78 is 0. The summed E-state index contributed by atoms with van der Waals surface area (Å²) in [7, 11) is 0. The minimum Gasteiger partial charge on any atom is -0.316 e. The molecule has 2 rings (SSSR count). The number of carbonyl (C=O) groups excluding carboxylic acids is 3. The first-order valence-electron chi connectivity index (χ1n) is 5.21. The predicted octanol–water partition coefficient (Wildman–Crippen LogP) is 0.753. The molecule has 0 aliphatic carbocycles. The van der Waals surface area contributed by atoms with Crippen LogP contribution >= 0.6 is 0 Å². The van der Waals surface area contributed by atoms with E-state index in [1.807, 2.05) is 30.3 Å². The van der Waals surface area contributed by atoms with Gasteiger partial charge in [-0.1, -0.05) is 30.3 Å². The van der Waals surface area contributed by atoms with Crippen molar-refractivity contribution in [3.63, 3.8) is 0 Å². The first-order chi connectivity index (χ1) is 8.70. The molecule has 0 radical (unpaired) electrons. The van der Waals surface area contributed by atoms with Crippen molar-refractivity contribution >= 4 is 18.3 Å². The van der Waals surface area contributed by atoms with E-state index in [0.29, 0.717) is 11.3 Å². The van der Waals surface area contributed by atoms with Crippen molar-refractivity contribution in [1.29, 1.82) is 0 Å². The normalized spacial score (nSPS) is 13.4. The van der Waals surface area contributed by atoms with E-state index in [1.165, 1.54) is 0 Å². The van der Waals surface area contributed by atoms with Crippen molar-refractivity contribution in [2.45, 2.75) is 6.54 Å². The van der Waals surface area contributed by atoms with E-state index in [9.17, 15) is 14.4 Å². The van der Waals surface area contributed by atoms with E-state index in [0.717, 1.165) is 11.6 Å². The molecule has 1 aliphatic heterocycles. The van der Waals surface area contributed by atoms with Gasteiger partial charge in [0.2, 0.25) is 0 Å². The Hall–Kier alpha value is -2.63. The quantitative estimate of drug-likeness (QED) is 0.795. The van der Waals surface area contributed by atoms with Crippen LogP contribution in [0.4, 0.5) is 4.79 Å². The molecule has 92 valence electrons. The molecule has 18 heavy (non-hydrogen) atoms. The van der Waals surface area contributed by atoms with E-state index in [-0.39, 0.29) is 12.2 Å². The summed E-state index contributed by atoms with van der Waals surface area (Å²) in [4.78, 5) is 37.4. The molecule has 2 amide bonds. The summed E-state index contributed by atoms with van der Waals surface area (Å²) in [6.45, 7) is 0.280. The molecule has 1 aromatic rings. The molecule has 1 aromatic carbocycles. The number of allylic oxidation sites excluding steroid dienone is 1. The molecule has 0 fully saturated rings. The minimum atomic E-state index is -0.792. The molecule has 0 aromatic heterocycles. The summed E-state index contributed by atoms with van der Waals surface area (Å²) in [5.74, 6) is -0.535. The summed E-state index contributed by atoms with van der Waals surface area (Å²) in [6, 6.07) is 9.22. The highest BCUT2D eigenvalue weighted by atomic mass is 16.7. The third-order valence-electron chi connectivity index (χ3n) is 2.28. The van der Waals surface area contributed by atoms with Gasteiger partial charge in [-0.3, -0.25) is 9.59 Å². The van der Waals surface area contributed by atoms with Gasteiger partial charge >= 0.3 is 6.09 Å². The fraction of sp³-hybridized carbons (Fsp3) is 0.0833. The number of rotatable bonds is 4. The van der Waals surface area contributed by atoms with E-state index in [2.05, 4.69) is 10.2 Å². The highest BCUT2D eigenvalue weighted by molar-refractivity contribution is 6.03. The molecule has 0 unspecified atom stereocenters. The maximum atomic E-state index is 11.4. The largest absolute Gasteiger partial charge is 0.432 e. The molecule has 0 spiro atoms. The van der Waals surface area contributed by atoms with Crippen molar-refractivity contribution in [1.82, 2.24) is 10.4 Å². The Morgan fingerprint density at radius 2 is 2.06 bits per heavy atom. The topological polar surface area (TPSA) is 75.7 Å². The Balaban J connectivity index is 1.82. The molecular formula is C12H10N2O4. The number of carbonyl (C=O) groups is 3. The SMILES string of the molecule is O=CC1=CC(=O)N1OC(=O)NCc1ccccc1. The van der Waals surface area contributed by atoms with Crippen LogP contribution in [0.3, 0.4) is 0 Å². The number of hydrogen-bond acceptors (Lipinski definition) is 4. The number of nitrogens with zero attached hydrogens (tertiary/aromatic N) is 1. The third kappa shape index (κ3) is 2.54. The van der Waals surface area contributed by atoms with Gasteiger partial charge in [0.15, 0.2) is 6.29 Å². The van der Waals surface area contributed by atoms with Crippen LogP contribution in [-0.4, -0.2) is 23.3 Å². The minimum absolute atomic E-state index is 0.0230. The first kappa shape index (κ1) is 11.8. The maximum absolute atomic E-state index is 11.4. The van der Waals surface area contributed by atoms with Crippen LogP contribution in [0.5, 0.6) is 0 Å². The van der Waals surface area contributed by atoms with Gasteiger partial charge in [-0.2, -0.15) is 0 Å². The Bertz CT molecular complexity index is 510. The van der Waals surface area contributed by atoms with Crippen LogP contribution < -0.4 is 5.32 Å². The number of amides is 2. The number of benzene rings is 1. The van der Waals surface area contributed by atoms with Crippen molar-refractivity contribution in [3.05, 3.63) is 47.7 Å². The fourth-order valence-corrected chi connectivity index (χ4v) is 1.37. The second kappa shape index (κ2) is 5.13. The Kier molecular flexibility index (Phi) is 3.38. The highest BCUT2D eigenvalue weighted by Crippen LogP contribution is 2.14. The van der Waals surface area contributed by atoms with Crippen LogP contribution in [0.1, 0.15) is 5.56 Å². The van der Waals surface area contributed by atoms with Gasteiger partial charge in [-0.05, 0) is 5.56 Å². The Labute approximate surface area is 103 Å². The third-order valence-corrected chi connectivity index (χ3v) is 2.28. The number of aldehydes is 1. The molecule has 6 heteroatoms. The van der Waals surface area contributed by atoms with Gasteiger partial charge in [0, 0.05) is 12.6 Å². The first-order valence-corrected chi connectivity index (χ1v) is 5.21. The molecule has 1 N–H and O–H groups in total. The summed E-state index contributed by atoms with van der Waals surface area (Å²) in [5, 5.41) is 3.11. The molecule has 1 aliphatic rings. The van der Waals surface area contributed by atoms with Crippen molar-refractivity contribution in [3.8, 4) is 0 Å². The lowest BCUT2D eigenvalue weighted by molar-refractivity contribution is -0.160. The molecule has 0 atom stereocenters. The Morgan fingerprint density at radius 1 is 1.33 bits per heavy atom. The second-order valence-corrected chi connectivity index (χ2v) is 3.54. The van der Waals surface area contributed by atoms with Crippen LogP contribution in [-0.2, 0) is 21.0 Å². The van der Waals surface area contributed by atoms with Crippen LogP contribution in [0.25, 0.3) is 0 Å². The number of nitrogens with one attached hydrogen (secondary N) is 1. The van der Waals surface area contributed by atoms with Crippen molar-refractivity contribution < 1.29 is 19.2 Å². The van der Waals surface area contributed by atoms with Crippen molar-refractivity contribution in [2.75, 3.05) is 0 Å². The van der Waals surface area contributed by atoms with E-state index >= 15 is 0 Å². The van der Waals surface area contributed by atoms with Gasteiger partial charge in [0.25, 0.3) is 5.91 Å². The molecule has 6 nitrogen and oxygen atoms in total. The lowest BCUT2D eigenvalue weighted by Crippen LogP contribution is -2.42. The standard InChI is InChI=1S/C12H10N2O4/c15-8-10-6-11(16)14(10)18-12(17)13-7-9-4-2-1-3-5-9/h1-6,8H,7H2,(H,13,17). The average Bonchev–Trinajstić information content (AvgIpc) is 2.41. The maximum Gasteiger partial charge on any atom is 0.432 e. The van der Waals surface area contributed by atoms with Crippen LogP contribution in [0.2, 0.25) is 0 Å². The zero-order valence-corrected chi connectivity index (χ0v) is 9.33. The van der Waals surface area contributed by atoms with Crippen LogP contribution in [0.15, 0.2) is 42.1 Å². The van der Waals surface area contributed by atoms with Crippen LogP contribution in [0, 0.1) is 0 Å². The lowest BCUT2D eigenvalue weighted by Gasteiger charge is -2.25. The van der Waals surface area contributed by atoms with Gasteiger partial charge in [-0.15, -0.1) is 5.06 Å². The van der Waals surface area contributed by atoms with Gasteiger partial charge < -0.3 is 10.2 Å². The summed E-state index contributed by atoms with van der Waals surface area (Å²) >= 11 is 0. The summed E-state index contributed by atoms with van der Waals surface area (Å²) in [6.07, 6.45) is 0.725. The Morgan fingerprint density at radius 3 is 2.67 bits per heavy atom. The molecular weight excluding hydrogens is 236 g/mol. The monoisotopic (exact) mass is 246 g/mol. The second-order valence-electron chi connectivity index (χ2n) is 3.54. The predicted molar refractivity (Wildman–Crippen MR) is 60.8 cm³/mol. The lowest BCUT2D eigenvalue weighted by atomic mass is 10.2. The van der Waals surface area contributed by atoms with Gasteiger partial charge in [-0.25, -0.2) is 4.79 Å². The highest BCUT2D eigenvalue weighted by Gasteiger charge is 2.30.